The van der Waals surface area contributed by atoms with Crippen molar-refractivity contribution in [1.82, 2.24) is 5.32 Å². The van der Waals surface area contributed by atoms with Gasteiger partial charge >= 0.3 is 5.97 Å². The fourth-order valence-electron chi connectivity index (χ4n) is 3.50. The van der Waals surface area contributed by atoms with Crippen LogP contribution < -0.4 is 10.2 Å². The van der Waals surface area contributed by atoms with Crippen LogP contribution in [0.15, 0.2) is 60.7 Å². The van der Waals surface area contributed by atoms with Crippen molar-refractivity contribution >= 4 is 17.3 Å². The lowest BCUT2D eigenvalue weighted by atomic mass is 10.0. The molecule has 0 aromatic heterocycles. The third-order valence-electron chi connectivity index (χ3n) is 4.77. The highest BCUT2D eigenvalue weighted by Crippen LogP contribution is 2.35. The van der Waals surface area contributed by atoms with Gasteiger partial charge in [0, 0.05) is 30.5 Å². The summed E-state index contributed by atoms with van der Waals surface area (Å²) < 4.78 is 4.87. The Balaban J connectivity index is 1.57. The molecule has 142 valence electrons. The number of fused-ring (bicyclic) bond motifs is 2. The normalized spacial score (nSPS) is 13.1. The van der Waals surface area contributed by atoms with Gasteiger partial charge in [0.1, 0.15) is 0 Å². The number of nitrogens with zero attached hydrogens (tertiary/aromatic N) is 1. The zero-order valence-corrected chi connectivity index (χ0v) is 16.0. The van der Waals surface area contributed by atoms with Crippen molar-refractivity contribution in [3.63, 3.8) is 0 Å². The van der Waals surface area contributed by atoms with Gasteiger partial charge in [0.25, 0.3) is 0 Å². The smallest absolute Gasteiger partial charge is 0.330 e. The first-order valence-corrected chi connectivity index (χ1v) is 9.77. The van der Waals surface area contributed by atoms with Crippen LogP contribution in [0.25, 0.3) is 0 Å². The molecule has 0 atom stereocenters. The highest BCUT2D eigenvalue weighted by atomic mass is 16.5. The van der Waals surface area contributed by atoms with Crippen molar-refractivity contribution < 1.29 is 9.53 Å². The number of esters is 1. The van der Waals surface area contributed by atoms with Gasteiger partial charge in [-0.25, -0.2) is 4.79 Å². The maximum Gasteiger partial charge on any atom is 0.330 e. The van der Waals surface area contributed by atoms with Gasteiger partial charge in [0.15, 0.2) is 0 Å². The first-order chi connectivity index (χ1) is 13.3. The van der Waals surface area contributed by atoms with Gasteiger partial charge in [-0.2, -0.15) is 0 Å². The van der Waals surface area contributed by atoms with E-state index in [-0.39, 0.29) is 5.97 Å². The van der Waals surface area contributed by atoms with Crippen LogP contribution in [0.1, 0.15) is 24.5 Å². The molecular formula is C23H28N2O2. The van der Waals surface area contributed by atoms with E-state index in [2.05, 4.69) is 58.7 Å². The first-order valence-electron chi connectivity index (χ1n) is 9.77. The lowest BCUT2D eigenvalue weighted by Crippen LogP contribution is -2.24. The van der Waals surface area contributed by atoms with Crippen LogP contribution >= 0.6 is 0 Å². The monoisotopic (exact) mass is 364 g/mol. The lowest BCUT2D eigenvalue weighted by Gasteiger charge is -2.27. The minimum atomic E-state index is -0.280. The van der Waals surface area contributed by atoms with Gasteiger partial charge in [0.05, 0.1) is 6.61 Å². The molecule has 4 nitrogen and oxygen atoms in total. The molecular weight excluding hydrogens is 336 g/mol. The number of rotatable bonds is 8. The number of aryl methyl sites for hydroxylation is 2. The molecule has 4 heteroatoms. The quantitative estimate of drug-likeness (QED) is 0.436. The number of carbonyl (C=O) groups is 1. The summed E-state index contributed by atoms with van der Waals surface area (Å²) in [5.74, 6) is -0.280. The second-order valence-corrected chi connectivity index (χ2v) is 6.62. The molecule has 0 fully saturated rings. The Morgan fingerprint density at radius 2 is 1.70 bits per heavy atom. The van der Waals surface area contributed by atoms with Crippen molar-refractivity contribution in [2.75, 3.05) is 31.1 Å². The summed E-state index contributed by atoms with van der Waals surface area (Å²) in [5.41, 5.74) is 5.48. The van der Waals surface area contributed by atoms with Gasteiger partial charge in [-0.1, -0.05) is 42.5 Å². The Hall–Kier alpha value is -2.59. The molecule has 0 spiro atoms. The van der Waals surface area contributed by atoms with E-state index in [9.17, 15) is 4.79 Å². The van der Waals surface area contributed by atoms with Crippen LogP contribution in [0.5, 0.6) is 0 Å². The molecule has 1 heterocycles. The van der Waals surface area contributed by atoms with Crippen LogP contribution in [0.4, 0.5) is 11.4 Å². The maximum atomic E-state index is 11.3. The average molecular weight is 364 g/mol. The molecule has 2 aromatic carbocycles. The molecule has 1 aliphatic heterocycles. The number of hydrogen-bond donors (Lipinski definition) is 1. The van der Waals surface area contributed by atoms with E-state index >= 15 is 0 Å². The van der Waals surface area contributed by atoms with Gasteiger partial charge in [-0.05, 0) is 56.0 Å². The average Bonchev–Trinajstić information content (AvgIpc) is 2.85. The number of anilines is 2. The standard InChI is InChI=1S/C23H28N2O2/c1-2-27-23(26)13-7-16-24-17-8-18-25-21-11-5-3-9-19(21)14-15-20-10-4-6-12-22(20)25/h3-7,9-13,24H,2,8,14-18H2,1H3/b13-7+. The Labute approximate surface area is 161 Å². The Bertz CT molecular complexity index is 738. The second kappa shape index (κ2) is 9.93. The van der Waals surface area contributed by atoms with Crippen LogP contribution in [-0.4, -0.2) is 32.2 Å². The summed E-state index contributed by atoms with van der Waals surface area (Å²) in [6.45, 7) is 4.75. The summed E-state index contributed by atoms with van der Waals surface area (Å²) in [5, 5.41) is 3.36. The number of para-hydroxylation sites is 2. The Kier molecular flexibility index (Phi) is 7.05. The molecule has 2 aromatic rings. The van der Waals surface area contributed by atoms with Gasteiger partial charge in [-0.15, -0.1) is 0 Å². The predicted molar refractivity (Wildman–Crippen MR) is 111 cm³/mol. The molecule has 0 saturated carbocycles. The summed E-state index contributed by atoms with van der Waals surface area (Å²) in [7, 11) is 0. The Morgan fingerprint density at radius 1 is 1.07 bits per heavy atom. The molecule has 0 saturated heterocycles. The van der Waals surface area contributed by atoms with Crippen LogP contribution in [0.2, 0.25) is 0 Å². The molecule has 1 N–H and O–H groups in total. The van der Waals surface area contributed by atoms with Crippen molar-refractivity contribution in [1.29, 1.82) is 0 Å². The van der Waals surface area contributed by atoms with E-state index in [0.717, 1.165) is 32.4 Å². The van der Waals surface area contributed by atoms with Crippen molar-refractivity contribution in [3.8, 4) is 0 Å². The molecule has 0 bridgehead atoms. The SMILES string of the molecule is CCOC(=O)/C=C/CNCCCN1c2ccccc2CCc2ccccc21. The number of nitrogens with one attached hydrogen (secondary N) is 1. The topological polar surface area (TPSA) is 41.6 Å². The number of ether oxygens (including phenoxy) is 1. The molecule has 0 radical (unpaired) electrons. The molecule has 0 amide bonds. The summed E-state index contributed by atoms with van der Waals surface area (Å²) >= 11 is 0. The molecule has 0 aliphatic carbocycles. The van der Waals surface area contributed by atoms with E-state index < -0.39 is 0 Å². The van der Waals surface area contributed by atoms with Crippen molar-refractivity contribution in [2.24, 2.45) is 0 Å². The second-order valence-electron chi connectivity index (χ2n) is 6.62. The van der Waals surface area contributed by atoms with Crippen LogP contribution in [0.3, 0.4) is 0 Å². The summed E-state index contributed by atoms with van der Waals surface area (Å²) in [4.78, 5) is 13.7. The molecule has 27 heavy (non-hydrogen) atoms. The summed E-state index contributed by atoms with van der Waals surface area (Å²) in [6.07, 6.45) is 6.49. The Morgan fingerprint density at radius 3 is 2.33 bits per heavy atom. The van der Waals surface area contributed by atoms with Crippen molar-refractivity contribution in [3.05, 3.63) is 71.8 Å². The zero-order valence-electron chi connectivity index (χ0n) is 16.0. The highest BCUT2D eigenvalue weighted by molar-refractivity contribution is 5.81. The van der Waals surface area contributed by atoms with Crippen molar-refractivity contribution in [2.45, 2.75) is 26.2 Å². The zero-order chi connectivity index (χ0) is 18.9. The molecule has 3 rings (SSSR count). The lowest BCUT2D eigenvalue weighted by molar-refractivity contribution is -0.137. The largest absolute Gasteiger partial charge is 0.463 e. The van der Waals surface area contributed by atoms with E-state index in [4.69, 9.17) is 4.74 Å². The fourth-order valence-corrected chi connectivity index (χ4v) is 3.50. The fraction of sp³-hybridized carbons (Fsp3) is 0.348. The molecule has 0 unspecified atom stereocenters. The summed E-state index contributed by atoms with van der Waals surface area (Å²) in [6, 6.07) is 17.4. The molecule has 1 aliphatic rings. The minimum Gasteiger partial charge on any atom is -0.463 e. The van der Waals surface area contributed by atoms with Crippen LogP contribution in [-0.2, 0) is 22.4 Å². The minimum absolute atomic E-state index is 0.280. The van der Waals surface area contributed by atoms with E-state index in [1.807, 2.05) is 13.0 Å². The van der Waals surface area contributed by atoms with Gasteiger partial charge in [0.2, 0.25) is 0 Å². The van der Waals surface area contributed by atoms with Gasteiger partial charge in [-0.3, -0.25) is 0 Å². The van der Waals surface area contributed by atoms with Crippen LogP contribution in [0, 0.1) is 0 Å². The van der Waals surface area contributed by atoms with E-state index in [1.165, 1.54) is 28.6 Å². The third-order valence-corrected chi connectivity index (χ3v) is 4.77. The number of carbonyl (C=O) groups excluding carboxylic acids is 1. The number of benzene rings is 2. The predicted octanol–water partition coefficient (Wildman–Crippen LogP) is 4.02. The van der Waals surface area contributed by atoms with E-state index in [1.54, 1.807) is 0 Å². The first kappa shape index (κ1) is 19.2. The van der Waals surface area contributed by atoms with Gasteiger partial charge < -0.3 is 15.0 Å². The van der Waals surface area contributed by atoms with E-state index in [0.29, 0.717) is 13.2 Å². The number of hydrogen-bond acceptors (Lipinski definition) is 4. The third kappa shape index (κ3) is 5.20. The highest BCUT2D eigenvalue weighted by Gasteiger charge is 2.19. The maximum absolute atomic E-state index is 11.3.